The van der Waals surface area contributed by atoms with E-state index in [1.807, 2.05) is 31.2 Å². The SMILES string of the molecule is CC(Nc1ccc(Cl)cc1Br)c1cc(Cl)sc1Cl. The van der Waals surface area contributed by atoms with Gasteiger partial charge in [-0.1, -0.05) is 34.8 Å². The van der Waals surface area contributed by atoms with E-state index in [1.54, 1.807) is 0 Å². The Morgan fingerprint density at radius 1 is 1.22 bits per heavy atom. The third-order valence-electron chi connectivity index (χ3n) is 2.45. The van der Waals surface area contributed by atoms with E-state index >= 15 is 0 Å². The van der Waals surface area contributed by atoms with Crippen LogP contribution in [0.2, 0.25) is 13.7 Å². The lowest BCUT2D eigenvalue weighted by Crippen LogP contribution is -2.06. The topological polar surface area (TPSA) is 12.0 Å². The summed E-state index contributed by atoms with van der Waals surface area (Å²) in [4.78, 5) is 0. The Morgan fingerprint density at radius 3 is 2.50 bits per heavy atom. The largest absolute Gasteiger partial charge is 0.378 e. The molecule has 0 radical (unpaired) electrons. The van der Waals surface area contributed by atoms with Crippen molar-refractivity contribution in [2.45, 2.75) is 13.0 Å². The van der Waals surface area contributed by atoms with Crippen molar-refractivity contribution >= 4 is 67.8 Å². The predicted molar refractivity (Wildman–Crippen MR) is 85.5 cm³/mol. The zero-order valence-corrected chi connectivity index (χ0v) is 14.0. The van der Waals surface area contributed by atoms with Crippen molar-refractivity contribution in [2.24, 2.45) is 0 Å². The molecule has 0 saturated heterocycles. The molecular formula is C12H9BrCl3NS. The third-order valence-corrected chi connectivity index (χ3v) is 4.86. The summed E-state index contributed by atoms with van der Waals surface area (Å²) in [7, 11) is 0. The van der Waals surface area contributed by atoms with Crippen LogP contribution in [0.15, 0.2) is 28.7 Å². The summed E-state index contributed by atoms with van der Waals surface area (Å²) in [5.74, 6) is 0. The van der Waals surface area contributed by atoms with Crippen molar-refractivity contribution in [3.05, 3.63) is 48.0 Å². The first-order chi connectivity index (χ1) is 8.47. The van der Waals surface area contributed by atoms with Crippen molar-refractivity contribution in [3.63, 3.8) is 0 Å². The fourth-order valence-corrected chi connectivity index (χ4v) is 4.01. The van der Waals surface area contributed by atoms with E-state index in [9.17, 15) is 0 Å². The normalized spacial score (nSPS) is 12.5. The monoisotopic (exact) mass is 383 g/mol. The minimum atomic E-state index is 0.0683. The number of thiophene rings is 1. The number of benzene rings is 1. The Bertz CT molecular complexity index is 570. The molecule has 2 aromatic rings. The zero-order chi connectivity index (χ0) is 13.3. The fraction of sp³-hybridized carbons (Fsp3) is 0.167. The van der Waals surface area contributed by atoms with E-state index in [0.29, 0.717) is 13.7 Å². The lowest BCUT2D eigenvalue weighted by atomic mass is 10.1. The molecular weight excluding hydrogens is 376 g/mol. The van der Waals surface area contributed by atoms with Crippen LogP contribution in [0, 0.1) is 0 Å². The fourth-order valence-electron chi connectivity index (χ4n) is 1.57. The van der Waals surface area contributed by atoms with Crippen molar-refractivity contribution in [3.8, 4) is 0 Å². The van der Waals surface area contributed by atoms with Crippen LogP contribution in [0.1, 0.15) is 18.5 Å². The van der Waals surface area contributed by atoms with Crippen LogP contribution in [0.3, 0.4) is 0 Å². The van der Waals surface area contributed by atoms with Crippen LogP contribution < -0.4 is 5.32 Å². The van der Waals surface area contributed by atoms with Crippen LogP contribution >= 0.6 is 62.1 Å². The second-order valence-corrected chi connectivity index (χ2v) is 7.35. The highest BCUT2D eigenvalue weighted by Crippen LogP contribution is 2.37. The van der Waals surface area contributed by atoms with Crippen molar-refractivity contribution in [1.29, 1.82) is 0 Å². The molecule has 1 heterocycles. The van der Waals surface area contributed by atoms with Gasteiger partial charge < -0.3 is 5.32 Å². The average Bonchev–Trinajstić information content (AvgIpc) is 2.62. The number of hydrogen-bond acceptors (Lipinski definition) is 2. The van der Waals surface area contributed by atoms with Gasteiger partial charge in [0.25, 0.3) is 0 Å². The molecule has 0 fully saturated rings. The van der Waals surface area contributed by atoms with Gasteiger partial charge in [0.05, 0.1) is 14.7 Å². The van der Waals surface area contributed by atoms with Gasteiger partial charge >= 0.3 is 0 Å². The summed E-state index contributed by atoms with van der Waals surface area (Å²) in [5.41, 5.74) is 1.96. The molecule has 6 heteroatoms. The molecule has 0 amide bonds. The Morgan fingerprint density at radius 2 is 1.94 bits per heavy atom. The van der Waals surface area contributed by atoms with Crippen molar-refractivity contribution in [2.75, 3.05) is 5.32 Å². The smallest absolute Gasteiger partial charge is 0.0996 e. The van der Waals surface area contributed by atoms with E-state index in [4.69, 9.17) is 34.8 Å². The van der Waals surface area contributed by atoms with Gasteiger partial charge in [-0.3, -0.25) is 0 Å². The molecule has 0 bridgehead atoms. The van der Waals surface area contributed by atoms with Crippen LogP contribution in [0.4, 0.5) is 5.69 Å². The lowest BCUT2D eigenvalue weighted by molar-refractivity contribution is 0.889. The molecule has 0 aliphatic rings. The Labute approximate surface area is 133 Å². The molecule has 1 nitrogen and oxygen atoms in total. The molecule has 2 rings (SSSR count). The predicted octanol–water partition coefficient (Wildman–Crippen LogP) is 6.64. The van der Waals surface area contributed by atoms with E-state index in [1.165, 1.54) is 11.3 Å². The first kappa shape index (κ1) is 14.5. The molecule has 1 atom stereocenters. The maximum Gasteiger partial charge on any atom is 0.0996 e. The van der Waals surface area contributed by atoms with E-state index in [-0.39, 0.29) is 6.04 Å². The molecule has 0 aliphatic heterocycles. The highest BCUT2D eigenvalue weighted by Gasteiger charge is 2.14. The maximum absolute atomic E-state index is 6.13. The number of rotatable bonds is 3. The van der Waals surface area contributed by atoms with E-state index in [0.717, 1.165) is 15.7 Å². The molecule has 0 saturated carbocycles. The zero-order valence-electron chi connectivity index (χ0n) is 9.31. The van der Waals surface area contributed by atoms with Gasteiger partial charge in [-0.2, -0.15) is 0 Å². The van der Waals surface area contributed by atoms with Gasteiger partial charge in [0.2, 0.25) is 0 Å². The summed E-state index contributed by atoms with van der Waals surface area (Å²) in [5, 5.41) is 4.06. The van der Waals surface area contributed by atoms with Crippen LogP contribution in [-0.4, -0.2) is 0 Å². The molecule has 1 N–H and O–H groups in total. The standard InChI is InChI=1S/C12H9BrCl3NS/c1-6(8-5-11(15)18-12(8)16)17-10-3-2-7(14)4-9(10)13/h2-6,17H,1H3. The first-order valence-electron chi connectivity index (χ1n) is 5.13. The van der Waals surface area contributed by atoms with Gasteiger partial charge in [0.15, 0.2) is 0 Å². The minimum absolute atomic E-state index is 0.0683. The molecule has 96 valence electrons. The second-order valence-electron chi connectivity index (χ2n) is 3.77. The minimum Gasteiger partial charge on any atom is -0.378 e. The number of halogens is 4. The van der Waals surface area contributed by atoms with E-state index in [2.05, 4.69) is 21.2 Å². The number of nitrogens with one attached hydrogen (secondary N) is 1. The summed E-state index contributed by atoms with van der Waals surface area (Å²) in [6.45, 7) is 2.03. The molecule has 1 aromatic carbocycles. The Hall–Kier alpha value is 0.0700. The summed E-state index contributed by atoms with van der Waals surface area (Å²) >= 11 is 22.8. The van der Waals surface area contributed by atoms with Crippen LogP contribution in [0.25, 0.3) is 0 Å². The summed E-state index contributed by atoms with van der Waals surface area (Å²) in [6, 6.07) is 7.56. The molecule has 1 aromatic heterocycles. The highest BCUT2D eigenvalue weighted by atomic mass is 79.9. The Balaban J connectivity index is 2.21. The van der Waals surface area contributed by atoms with Crippen LogP contribution in [0.5, 0.6) is 0 Å². The molecule has 0 spiro atoms. The second kappa shape index (κ2) is 6.02. The van der Waals surface area contributed by atoms with Gasteiger partial charge in [0, 0.05) is 20.7 Å². The van der Waals surface area contributed by atoms with E-state index < -0.39 is 0 Å². The lowest BCUT2D eigenvalue weighted by Gasteiger charge is -2.16. The summed E-state index contributed by atoms with van der Waals surface area (Å²) < 4.78 is 2.32. The third kappa shape index (κ3) is 3.34. The van der Waals surface area contributed by atoms with Gasteiger partial charge in [-0.25, -0.2) is 0 Å². The summed E-state index contributed by atoms with van der Waals surface area (Å²) in [6.07, 6.45) is 0. The highest BCUT2D eigenvalue weighted by molar-refractivity contribution is 9.10. The number of anilines is 1. The quantitative estimate of drug-likeness (QED) is 0.624. The molecule has 18 heavy (non-hydrogen) atoms. The van der Waals surface area contributed by atoms with Gasteiger partial charge in [0.1, 0.15) is 0 Å². The average molecular weight is 386 g/mol. The van der Waals surface area contributed by atoms with Gasteiger partial charge in [-0.05, 0) is 47.1 Å². The molecule has 0 aliphatic carbocycles. The van der Waals surface area contributed by atoms with Crippen molar-refractivity contribution < 1.29 is 0 Å². The number of hydrogen-bond donors (Lipinski definition) is 1. The molecule has 1 unspecified atom stereocenters. The van der Waals surface area contributed by atoms with Gasteiger partial charge in [-0.15, -0.1) is 11.3 Å². The maximum atomic E-state index is 6.13. The Kier molecular flexibility index (Phi) is 4.84. The van der Waals surface area contributed by atoms with Crippen molar-refractivity contribution in [1.82, 2.24) is 0 Å². The van der Waals surface area contributed by atoms with Crippen LogP contribution in [-0.2, 0) is 0 Å². The first-order valence-corrected chi connectivity index (χ1v) is 7.88.